The summed E-state index contributed by atoms with van der Waals surface area (Å²) in [6.45, 7) is 4.99. The molecule has 2 aromatic rings. The summed E-state index contributed by atoms with van der Waals surface area (Å²) < 4.78 is 1.84. The van der Waals surface area contributed by atoms with Gasteiger partial charge in [0.1, 0.15) is 6.33 Å². The van der Waals surface area contributed by atoms with Crippen molar-refractivity contribution in [1.29, 1.82) is 0 Å². The van der Waals surface area contributed by atoms with Gasteiger partial charge in [0.25, 0.3) is 0 Å². The Morgan fingerprint density at radius 3 is 3.00 bits per heavy atom. The molecule has 0 aliphatic heterocycles. The summed E-state index contributed by atoms with van der Waals surface area (Å²) >= 11 is 0. The molecule has 0 bridgehead atoms. The first kappa shape index (κ1) is 11.8. The van der Waals surface area contributed by atoms with Crippen LogP contribution in [0, 0.1) is 5.92 Å². The highest BCUT2D eigenvalue weighted by Gasteiger charge is 2.15. The van der Waals surface area contributed by atoms with Crippen LogP contribution in [-0.2, 0) is 0 Å². The van der Waals surface area contributed by atoms with Crippen LogP contribution >= 0.6 is 0 Å². The molecule has 0 saturated heterocycles. The van der Waals surface area contributed by atoms with Gasteiger partial charge in [-0.2, -0.15) is 0 Å². The third-order valence-corrected chi connectivity index (χ3v) is 2.82. The molecule has 0 spiro atoms. The van der Waals surface area contributed by atoms with Gasteiger partial charge in [-0.25, -0.2) is 4.98 Å². The van der Waals surface area contributed by atoms with Crippen LogP contribution in [0.15, 0.2) is 18.7 Å². The van der Waals surface area contributed by atoms with Gasteiger partial charge in [-0.3, -0.25) is 4.40 Å². The molecule has 0 radical (unpaired) electrons. The number of rotatable bonds is 5. The van der Waals surface area contributed by atoms with Crippen molar-refractivity contribution in [2.24, 2.45) is 11.7 Å². The van der Waals surface area contributed by atoms with Gasteiger partial charge in [-0.05, 0) is 18.9 Å². The Balaban J connectivity index is 2.24. The van der Waals surface area contributed by atoms with Gasteiger partial charge in [-0.15, -0.1) is 10.2 Å². The van der Waals surface area contributed by atoms with Crippen molar-refractivity contribution in [1.82, 2.24) is 19.6 Å². The fourth-order valence-electron chi connectivity index (χ4n) is 1.79. The molecular formula is C11H18N6. The van der Waals surface area contributed by atoms with Gasteiger partial charge in [0.2, 0.25) is 5.65 Å². The van der Waals surface area contributed by atoms with Crippen molar-refractivity contribution in [2.45, 2.75) is 26.3 Å². The normalized spacial score (nSPS) is 13.2. The number of aromatic nitrogens is 4. The summed E-state index contributed by atoms with van der Waals surface area (Å²) in [6, 6.07) is 0.301. The lowest BCUT2D eigenvalue weighted by atomic mass is 10.0. The van der Waals surface area contributed by atoms with E-state index in [0.29, 0.717) is 18.5 Å². The van der Waals surface area contributed by atoms with E-state index >= 15 is 0 Å². The average molecular weight is 234 g/mol. The molecule has 1 atom stereocenters. The Kier molecular flexibility index (Phi) is 3.53. The van der Waals surface area contributed by atoms with Crippen molar-refractivity contribution in [2.75, 3.05) is 11.9 Å². The molecule has 0 aliphatic rings. The first-order valence-corrected chi connectivity index (χ1v) is 5.83. The van der Waals surface area contributed by atoms with Crippen LogP contribution in [0.25, 0.3) is 5.65 Å². The van der Waals surface area contributed by atoms with Crippen LogP contribution < -0.4 is 11.1 Å². The monoisotopic (exact) mass is 234 g/mol. The Morgan fingerprint density at radius 2 is 2.29 bits per heavy atom. The molecule has 17 heavy (non-hydrogen) atoms. The molecule has 0 aromatic carbocycles. The summed E-state index contributed by atoms with van der Waals surface area (Å²) in [6.07, 6.45) is 6.14. The number of hydrogen-bond donors (Lipinski definition) is 2. The van der Waals surface area contributed by atoms with Gasteiger partial charge in [0, 0.05) is 18.4 Å². The van der Waals surface area contributed by atoms with E-state index in [4.69, 9.17) is 5.73 Å². The van der Waals surface area contributed by atoms with E-state index < -0.39 is 0 Å². The van der Waals surface area contributed by atoms with Crippen LogP contribution in [0.1, 0.15) is 20.3 Å². The number of fused-ring (bicyclic) bond motifs is 1. The zero-order chi connectivity index (χ0) is 12.3. The highest BCUT2D eigenvalue weighted by atomic mass is 15.2. The van der Waals surface area contributed by atoms with Crippen LogP contribution in [0.3, 0.4) is 0 Å². The Morgan fingerprint density at radius 1 is 1.47 bits per heavy atom. The first-order valence-electron chi connectivity index (χ1n) is 5.83. The molecule has 1 unspecified atom stereocenters. The highest BCUT2D eigenvalue weighted by Crippen LogP contribution is 2.16. The third-order valence-electron chi connectivity index (χ3n) is 2.82. The van der Waals surface area contributed by atoms with Crippen LogP contribution in [0.5, 0.6) is 0 Å². The lowest BCUT2D eigenvalue weighted by Gasteiger charge is -2.22. The quantitative estimate of drug-likeness (QED) is 0.803. The summed E-state index contributed by atoms with van der Waals surface area (Å²) in [7, 11) is 0. The zero-order valence-corrected chi connectivity index (χ0v) is 10.2. The molecule has 2 heterocycles. The van der Waals surface area contributed by atoms with E-state index in [9.17, 15) is 0 Å². The first-order chi connectivity index (χ1) is 8.22. The lowest BCUT2D eigenvalue weighted by molar-refractivity contribution is 0.497. The van der Waals surface area contributed by atoms with Gasteiger partial charge in [-0.1, -0.05) is 13.8 Å². The van der Waals surface area contributed by atoms with Crippen LogP contribution in [0.4, 0.5) is 5.82 Å². The maximum atomic E-state index is 5.62. The van der Waals surface area contributed by atoms with E-state index in [1.807, 2.05) is 10.6 Å². The smallest absolute Gasteiger partial charge is 0.203 e. The average Bonchev–Trinajstić information content (AvgIpc) is 2.77. The Hall–Kier alpha value is -1.69. The molecule has 0 amide bonds. The number of nitrogens with one attached hydrogen (secondary N) is 1. The topological polar surface area (TPSA) is 81.1 Å². The molecule has 3 N–H and O–H groups in total. The van der Waals surface area contributed by atoms with Crippen molar-refractivity contribution in [3.8, 4) is 0 Å². The summed E-state index contributed by atoms with van der Waals surface area (Å²) in [5.41, 5.74) is 6.37. The summed E-state index contributed by atoms with van der Waals surface area (Å²) in [5, 5.41) is 11.3. The minimum Gasteiger partial charge on any atom is -0.364 e. The lowest BCUT2D eigenvalue weighted by Crippen LogP contribution is -2.29. The molecule has 2 aromatic heterocycles. The fraction of sp³-hybridized carbons (Fsp3) is 0.545. The highest BCUT2D eigenvalue weighted by molar-refractivity contribution is 5.61. The molecular weight excluding hydrogens is 216 g/mol. The van der Waals surface area contributed by atoms with Gasteiger partial charge >= 0.3 is 0 Å². The van der Waals surface area contributed by atoms with E-state index in [1.54, 1.807) is 12.5 Å². The zero-order valence-electron chi connectivity index (χ0n) is 10.2. The number of anilines is 1. The van der Waals surface area contributed by atoms with Gasteiger partial charge in [0.15, 0.2) is 5.82 Å². The molecule has 6 heteroatoms. The van der Waals surface area contributed by atoms with E-state index in [-0.39, 0.29) is 0 Å². The van der Waals surface area contributed by atoms with Crippen LogP contribution in [-0.4, -0.2) is 32.2 Å². The molecule has 2 rings (SSSR count). The second-order valence-corrected chi connectivity index (χ2v) is 4.41. The largest absolute Gasteiger partial charge is 0.364 e. The standard InChI is InChI=1S/C11H18N6/c1-8(2)9(3-4-12)15-10-11-16-14-7-17(11)6-5-13-10/h5-9H,3-4,12H2,1-2H3,(H,13,15). The molecule has 92 valence electrons. The maximum Gasteiger partial charge on any atom is 0.203 e. The van der Waals surface area contributed by atoms with Crippen molar-refractivity contribution >= 4 is 11.5 Å². The fourth-order valence-corrected chi connectivity index (χ4v) is 1.79. The molecule has 0 saturated carbocycles. The van der Waals surface area contributed by atoms with Crippen LogP contribution in [0.2, 0.25) is 0 Å². The minimum absolute atomic E-state index is 0.301. The second-order valence-electron chi connectivity index (χ2n) is 4.41. The van der Waals surface area contributed by atoms with Crippen molar-refractivity contribution in [3.05, 3.63) is 18.7 Å². The molecule has 6 nitrogen and oxygen atoms in total. The maximum absolute atomic E-state index is 5.62. The second kappa shape index (κ2) is 5.09. The molecule has 0 aliphatic carbocycles. The minimum atomic E-state index is 0.301. The number of hydrogen-bond acceptors (Lipinski definition) is 5. The Bertz CT molecular complexity index is 478. The molecule has 0 fully saturated rings. The SMILES string of the molecule is CC(C)C(CCN)Nc1nccn2cnnc12. The van der Waals surface area contributed by atoms with Crippen molar-refractivity contribution < 1.29 is 0 Å². The Labute approximate surface area is 100 Å². The van der Waals surface area contributed by atoms with E-state index in [0.717, 1.165) is 17.9 Å². The summed E-state index contributed by atoms with van der Waals surface area (Å²) in [4.78, 5) is 4.31. The van der Waals surface area contributed by atoms with E-state index in [2.05, 4.69) is 34.3 Å². The van der Waals surface area contributed by atoms with Gasteiger partial charge in [0.05, 0.1) is 0 Å². The predicted molar refractivity (Wildman–Crippen MR) is 66.7 cm³/mol. The number of nitrogens with two attached hydrogens (primary N) is 1. The van der Waals surface area contributed by atoms with E-state index in [1.165, 1.54) is 0 Å². The number of nitrogens with zero attached hydrogens (tertiary/aromatic N) is 4. The third kappa shape index (κ3) is 2.52. The van der Waals surface area contributed by atoms with Crippen molar-refractivity contribution in [3.63, 3.8) is 0 Å². The summed E-state index contributed by atoms with van der Waals surface area (Å²) in [5.74, 6) is 1.25. The van der Waals surface area contributed by atoms with Gasteiger partial charge < -0.3 is 11.1 Å². The predicted octanol–water partition coefficient (Wildman–Crippen LogP) is 0.910.